The lowest BCUT2D eigenvalue weighted by Crippen LogP contribution is -2.56. The van der Waals surface area contributed by atoms with Crippen LogP contribution in [0.15, 0.2) is 0 Å². The van der Waals surface area contributed by atoms with Gasteiger partial charge in [0.15, 0.2) is 0 Å². The van der Waals surface area contributed by atoms with Crippen molar-refractivity contribution in [1.29, 1.82) is 0 Å². The number of halogens is 3. The largest absolute Gasteiger partial charge is 0.401 e. The summed E-state index contributed by atoms with van der Waals surface area (Å²) in [4.78, 5) is 3.67. The second-order valence-corrected chi connectivity index (χ2v) is 5.95. The fourth-order valence-corrected chi connectivity index (χ4v) is 2.71. The summed E-state index contributed by atoms with van der Waals surface area (Å²) < 4.78 is 36.7. The zero-order chi connectivity index (χ0) is 13.4. The molecule has 1 atom stereocenters. The first-order chi connectivity index (χ1) is 8.26. The molecule has 0 amide bonds. The van der Waals surface area contributed by atoms with Gasteiger partial charge in [0.05, 0.1) is 6.54 Å². The van der Waals surface area contributed by atoms with Crippen molar-refractivity contribution < 1.29 is 13.2 Å². The molecular formula is C12H22F3N3. The number of rotatable bonds is 4. The summed E-state index contributed by atoms with van der Waals surface area (Å²) in [5.74, 6) is 0.603. The van der Waals surface area contributed by atoms with E-state index in [0.29, 0.717) is 32.1 Å². The number of alkyl halides is 3. The highest BCUT2D eigenvalue weighted by atomic mass is 19.4. The molecule has 1 aliphatic heterocycles. The number of nitrogens with zero attached hydrogens (tertiary/aromatic N) is 2. The van der Waals surface area contributed by atoms with E-state index in [4.69, 9.17) is 5.73 Å². The van der Waals surface area contributed by atoms with Crippen molar-refractivity contribution in [3.05, 3.63) is 0 Å². The number of hydrogen-bond donors (Lipinski definition) is 1. The molecule has 0 aromatic carbocycles. The van der Waals surface area contributed by atoms with Gasteiger partial charge in [0.25, 0.3) is 0 Å². The third-order valence-corrected chi connectivity index (χ3v) is 3.94. The minimum Gasteiger partial charge on any atom is -0.324 e. The topological polar surface area (TPSA) is 32.5 Å². The predicted octanol–water partition coefficient (Wildman–Crippen LogP) is 1.29. The summed E-state index contributed by atoms with van der Waals surface area (Å²) in [5.41, 5.74) is 6.08. The monoisotopic (exact) mass is 265 g/mol. The van der Waals surface area contributed by atoms with E-state index < -0.39 is 12.7 Å². The first kappa shape index (κ1) is 14.1. The Morgan fingerprint density at radius 3 is 1.83 bits per heavy atom. The van der Waals surface area contributed by atoms with Crippen molar-refractivity contribution in [3.63, 3.8) is 0 Å². The molecule has 2 rings (SSSR count). The van der Waals surface area contributed by atoms with Gasteiger partial charge < -0.3 is 5.73 Å². The van der Waals surface area contributed by atoms with Gasteiger partial charge in [0, 0.05) is 38.3 Å². The molecule has 0 aromatic rings. The standard InChI is InChI=1S/C12H22F3N3/c1-11(16,10-2-3-10)8-17-4-6-18(7-5-17)9-12(13,14)15/h10H,2-9,16H2,1H3. The average Bonchev–Trinajstić information content (AvgIpc) is 3.01. The highest BCUT2D eigenvalue weighted by Crippen LogP contribution is 2.38. The fraction of sp³-hybridized carbons (Fsp3) is 1.00. The second kappa shape index (κ2) is 4.98. The Hall–Kier alpha value is -0.330. The molecule has 1 saturated carbocycles. The minimum atomic E-state index is -4.08. The molecule has 0 radical (unpaired) electrons. The molecule has 3 nitrogen and oxygen atoms in total. The highest BCUT2D eigenvalue weighted by Gasteiger charge is 2.40. The van der Waals surface area contributed by atoms with Crippen LogP contribution < -0.4 is 5.73 Å². The smallest absolute Gasteiger partial charge is 0.324 e. The summed E-state index contributed by atoms with van der Waals surface area (Å²) in [7, 11) is 0. The third kappa shape index (κ3) is 4.10. The van der Waals surface area contributed by atoms with Gasteiger partial charge in [-0.3, -0.25) is 9.80 Å². The van der Waals surface area contributed by atoms with Crippen LogP contribution in [0.3, 0.4) is 0 Å². The van der Waals surface area contributed by atoms with Crippen LogP contribution in [-0.2, 0) is 0 Å². The molecule has 1 aliphatic carbocycles. The van der Waals surface area contributed by atoms with Gasteiger partial charge >= 0.3 is 6.18 Å². The Kier molecular flexibility index (Phi) is 3.90. The predicted molar refractivity (Wildman–Crippen MR) is 64.3 cm³/mol. The molecule has 6 heteroatoms. The molecule has 0 spiro atoms. The van der Waals surface area contributed by atoms with Crippen LogP contribution in [-0.4, -0.2) is 60.8 Å². The fourth-order valence-electron chi connectivity index (χ4n) is 2.71. The van der Waals surface area contributed by atoms with E-state index in [9.17, 15) is 13.2 Å². The summed E-state index contributed by atoms with van der Waals surface area (Å²) in [6.07, 6.45) is -1.69. The Labute approximate surface area is 106 Å². The zero-order valence-electron chi connectivity index (χ0n) is 10.8. The van der Waals surface area contributed by atoms with Crippen LogP contribution in [0.25, 0.3) is 0 Å². The Balaban J connectivity index is 1.73. The maximum absolute atomic E-state index is 12.2. The maximum Gasteiger partial charge on any atom is 0.401 e. The molecule has 1 heterocycles. The molecule has 2 N–H and O–H groups in total. The minimum absolute atomic E-state index is 0.174. The number of piperazine rings is 1. The van der Waals surface area contributed by atoms with E-state index in [0.717, 1.165) is 6.54 Å². The molecule has 0 aromatic heterocycles. The van der Waals surface area contributed by atoms with Gasteiger partial charge in [-0.15, -0.1) is 0 Å². The SMILES string of the molecule is CC(N)(CN1CCN(CC(F)(F)F)CC1)C1CC1. The Morgan fingerprint density at radius 2 is 1.44 bits per heavy atom. The van der Waals surface area contributed by atoms with Crippen LogP contribution in [0.4, 0.5) is 13.2 Å². The second-order valence-electron chi connectivity index (χ2n) is 5.95. The van der Waals surface area contributed by atoms with Crippen LogP contribution in [0, 0.1) is 5.92 Å². The molecule has 0 bridgehead atoms. The summed E-state index contributed by atoms with van der Waals surface area (Å²) in [6.45, 7) is 4.43. The normalized spacial score (nSPS) is 27.2. The van der Waals surface area contributed by atoms with Gasteiger partial charge in [0.2, 0.25) is 0 Å². The lowest BCUT2D eigenvalue weighted by Gasteiger charge is -2.39. The van der Waals surface area contributed by atoms with Crippen molar-refractivity contribution in [3.8, 4) is 0 Å². The lowest BCUT2D eigenvalue weighted by molar-refractivity contribution is -0.149. The van der Waals surface area contributed by atoms with Crippen LogP contribution in [0.1, 0.15) is 19.8 Å². The average molecular weight is 265 g/mol. The van der Waals surface area contributed by atoms with Gasteiger partial charge in [-0.1, -0.05) is 0 Å². The molecule has 1 saturated heterocycles. The molecular weight excluding hydrogens is 243 g/mol. The molecule has 1 unspecified atom stereocenters. The number of nitrogens with two attached hydrogens (primary N) is 1. The van der Waals surface area contributed by atoms with Crippen molar-refractivity contribution >= 4 is 0 Å². The third-order valence-electron chi connectivity index (χ3n) is 3.94. The van der Waals surface area contributed by atoms with E-state index in [2.05, 4.69) is 11.8 Å². The summed E-state index contributed by atoms with van der Waals surface area (Å²) in [6, 6.07) is 0. The van der Waals surface area contributed by atoms with Gasteiger partial charge in [-0.05, 0) is 25.7 Å². The van der Waals surface area contributed by atoms with E-state index in [1.165, 1.54) is 17.7 Å². The van der Waals surface area contributed by atoms with Crippen LogP contribution >= 0.6 is 0 Å². The first-order valence-corrected chi connectivity index (χ1v) is 6.57. The quantitative estimate of drug-likeness (QED) is 0.831. The molecule has 18 heavy (non-hydrogen) atoms. The highest BCUT2D eigenvalue weighted by molar-refractivity contribution is 4.97. The summed E-state index contributed by atoms with van der Waals surface area (Å²) in [5, 5.41) is 0. The Bertz CT molecular complexity index is 279. The zero-order valence-corrected chi connectivity index (χ0v) is 10.8. The van der Waals surface area contributed by atoms with E-state index in [1.54, 1.807) is 0 Å². The van der Waals surface area contributed by atoms with Crippen molar-refractivity contribution in [1.82, 2.24) is 9.80 Å². The molecule has 106 valence electrons. The van der Waals surface area contributed by atoms with Crippen LogP contribution in [0.2, 0.25) is 0 Å². The van der Waals surface area contributed by atoms with E-state index in [1.807, 2.05) is 0 Å². The van der Waals surface area contributed by atoms with Crippen molar-refractivity contribution in [2.24, 2.45) is 11.7 Å². The van der Waals surface area contributed by atoms with Gasteiger partial charge in [0.1, 0.15) is 0 Å². The summed E-state index contributed by atoms with van der Waals surface area (Å²) >= 11 is 0. The maximum atomic E-state index is 12.2. The van der Waals surface area contributed by atoms with E-state index >= 15 is 0 Å². The molecule has 2 fully saturated rings. The van der Waals surface area contributed by atoms with Crippen molar-refractivity contribution in [2.45, 2.75) is 31.5 Å². The van der Waals surface area contributed by atoms with Crippen molar-refractivity contribution in [2.75, 3.05) is 39.3 Å². The van der Waals surface area contributed by atoms with E-state index in [-0.39, 0.29) is 5.54 Å². The first-order valence-electron chi connectivity index (χ1n) is 6.57. The van der Waals surface area contributed by atoms with Gasteiger partial charge in [-0.25, -0.2) is 0 Å². The van der Waals surface area contributed by atoms with Gasteiger partial charge in [-0.2, -0.15) is 13.2 Å². The molecule has 2 aliphatic rings. The van der Waals surface area contributed by atoms with Crippen LogP contribution in [0.5, 0.6) is 0 Å². The lowest BCUT2D eigenvalue weighted by atomic mass is 9.96. The Morgan fingerprint density at radius 1 is 1.00 bits per heavy atom. The number of hydrogen-bond acceptors (Lipinski definition) is 3.